The van der Waals surface area contributed by atoms with Gasteiger partial charge in [0.25, 0.3) is 0 Å². The van der Waals surface area contributed by atoms with Gasteiger partial charge in [-0.1, -0.05) is 30.3 Å². The highest BCUT2D eigenvalue weighted by molar-refractivity contribution is 5.68. The Morgan fingerprint density at radius 2 is 1.85 bits per heavy atom. The lowest BCUT2D eigenvalue weighted by Gasteiger charge is -2.40. The minimum atomic E-state index is -1.12. The predicted molar refractivity (Wildman–Crippen MR) is 96.8 cm³/mol. The number of aliphatic hydroxyl groups is 1. The number of ether oxygens (including phenoxy) is 1. The van der Waals surface area contributed by atoms with E-state index in [1.807, 2.05) is 30.3 Å². The lowest BCUT2D eigenvalue weighted by atomic mass is 9.79. The summed E-state index contributed by atoms with van der Waals surface area (Å²) < 4.78 is 5.40. The molecular formula is C19H28N2O5. The van der Waals surface area contributed by atoms with Crippen molar-refractivity contribution >= 4 is 12.2 Å². The Balaban J connectivity index is 2.04. The fraction of sp³-hybridized carbons (Fsp3) is 0.579. The summed E-state index contributed by atoms with van der Waals surface area (Å²) in [5.74, 6) is 0.106. The zero-order chi connectivity index (χ0) is 19.1. The maximum Gasteiger partial charge on any atom is 0.410 e. The van der Waals surface area contributed by atoms with Crippen molar-refractivity contribution in [2.45, 2.75) is 57.4 Å². The van der Waals surface area contributed by atoms with Crippen molar-refractivity contribution in [3.05, 3.63) is 35.9 Å². The molecule has 3 N–H and O–H groups in total. The van der Waals surface area contributed by atoms with Gasteiger partial charge in [0.15, 0.2) is 0 Å². The fourth-order valence-electron chi connectivity index (χ4n) is 3.73. The van der Waals surface area contributed by atoms with E-state index in [1.165, 1.54) is 4.90 Å². The summed E-state index contributed by atoms with van der Waals surface area (Å²) in [5, 5.41) is 21.3. The number of nitrogens with zero attached hydrogens (tertiary/aromatic N) is 1. The van der Waals surface area contributed by atoms with Crippen LogP contribution in [0.2, 0.25) is 0 Å². The van der Waals surface area contributed by atoms with Crippen LogP contribution in [0.4, 0.5) is 9.59 Å². The summed E-state index contributed by atoms with van der Waals surface area (Å²) in [4.78, 5) is 25.1. The number of likely N-dealkylation sites (N-methyl/N-ethyl adjacent to an activating group) is 1. The zero-order valence-corrected chi connectivity index (χ0v) is 15.3. The van der Waals surface area contributed by atoms with Gasteiger partial charge < -0.3 is 25.2 Å². The first-order valence-corrected chi connectivity index (χ1v) is 8.99. The molecule has 0 saturated heterocycles. The molecule has 1 aliphatic rings. The second kappa shape index (κ2) is 9.43. The third-order valence-electron chi connectivity index (χ3n) is 5.03. The maximum atomic E-state index is 12.5. The molecule has 0 aliphatic heterocycles. The first kappa shape index (κ1) is 20.0. The summed E-state index contributed by atoms with van der Waals surface area (Å²) >= 11 is 0. The second-order valence-electron chi connectivity index (χ2n) is 6.95. The summed E-state index contributed by atoms with van der Waals surface area (Å²) in [6.07, 6.45) is 0.891. The number of carbonyl (C=O) groups excluding carboxylic acids is 1. The van der Waals surface area contributed by atoms with Gasteiger partial charge in [-0.05, 0) is 44.1 Å². The van der Waals surface area contributed by atoms with E-state index in [-0.39, 0.29) is 24.7 Å². The Kier molecular flexibility index (Phi) is 7.26. The average molecular weight is 364 g/mol. The molecule has 1 aromatic carbocycles. The van der Waals surface area contributed by atoms with Gasteiger partial charge >= 0.3 is 12.2 Å². The molecule has 2 rings (SSSR count). The molecule has 2 amide bonds. The zero-order valence-electron chi connectivity index (χ0n) is 15.3. The van der Waals surface area contributed by atoms with E-state index in [4.69, 9.17) is 9.84 Å². The first-order valence-electron chi connectivity index (χ1n) is 8.99. The number of carboxylic acid groups (broad SMARTS) is 1. The van der Waals surface area contributed by atoms with Crippen molar-refractivity contribution in [3.63, 3.8) is 0 Å². The van der Waals surface area contributed by atoms with Crippen LogP contribution in [0.3, 0.4) is 0 Å². The van der Waals surface area contributed by atoms with Gasteiger partial charge in [0.1, 0.15) is 6.61 Å². The molecule has 144 valence electrons. The molecule has 0 radical (unpaired) electrons. The van der Waals surface area contributed by atoms with E-state index >= 15 is 0 Å². The fourth-order valence-corrected chi connectivity index (χ4v) is 3.73. The third-order valence-corrected chi connectivity index (χ3v) is 5.03. The molecule has 0 spiro atoms. The number of amides is 2. The van der Waals surface area contributed by atoms with Crippen LogP contribution in [0.5, 0.6) is 0 Å². The molecule has 2 unspecified atom stereocenters. The molecule has 1 aliphatic carbocycles. The standard InChI is InChI=1S/C19H28N2O5/c1-13(20-18(23)24)17(15-8-10-16(22)11-9-15)21(2)19(25)26-12-14-6-4-3-5-7-14/h3-7,13,15-17,20,22H,8-12H2,1-2H3,(H,23,24). The van der Waals surface area contributed by atoms with Crippen LogP contribution in [0, 0.1) is 5.92 Å². The Morgan fingerprint density at radius 1 is 1.23 bits per heavy atom. The molecule has 2 atom stereocenters. The molecule has 0 heterocycles. The molecule has 0 aromatic heterocycles. The monoisotopic (exact) mass is 364 g/mol. The van der Waals surface area contributed by atoms with Gasteiger partial charge in [0, 0.05) is 7.05 Å². The van der Waals surface area contributed by atoms with E-state index in [2.05, 4.69) is 5.32 Å². The number of rotatable bonds is 6. The molecule has 7 nitrogen and oxygen atoms in total. The van der Waals surface area contributed by atoms with E-state index in [0.29, 0.717) is 12.8 Å². The molecule has 1 saturated carbocycles. The summed E-state index contributed by atoms with van der Waals surface area (Å²) in [5.41, 5.74) is 0.892. The first-order chi connectivity index (χ1) is 12.4. The van der Waals surface area contributed by atoms with Crippen LogP contribution in [0.15, 0.2) is 30.3 Å². The Hall–Kier alpha value is -2.28. The normalized spacial score (nSPS) is 22.1. The van der Waals surface area contributed by atoms with Crippen molar-refractivity contribution in [3.8, 4) is 0 Å². The van der Waals surface area contributed by atoms with E-state index in [9.17, 15) is 14.7 Å². The summed E-state index contributed by atoms with van der Waals surface area (Å²) in [6.45, 7) is 1.92. The molecule has 1 fully saturated rings. The highest BCUT2D eigenvalue weighted by Crippen LogP contribution is 2.31. The molecule has 1 aromatic rings. The van der Waals surface area contributed by atoms with Crippen molar-refractivity contribution in [2.24, 2.45) is 5.92 Å². The van der Waals surface area contributed by atoms with Gasteiger partial charge in [0.2, 0.25) is 0 Å². The average Bonchev–Trinajstić information content (AvgIpc) is 2.61. The highest BCUT2D eigenvalue weighted by atomic mass is 16.6. The predicted octanol–water partition coefficient (Wildman–Crippen LogP) is 2.83. The summed E-state index contributed by atoms with van der Waals surface area (Å²) in [6, 6.07) is 8.63. The van der Waals surface area contributed by atoms with Crippen molar-refractivity contribution < 1.29 is 24.5 Å². The van der Waals surface area contributed by atoms with Gasteiger partial charge in [-0.25, -0.2) is 9.59 Å². The lowest BCUT2D eigenvalue weighted by Crippen LogP contribution is -2.55. The van der Waals surface area contributed by atoms with Gasteiger partial charge in [-0.3, -0.25) is 0 Å². The van der Waals surface area contributed by atoms with Crippen LogP contribution < -0.4 is 5.32 Å². The van der Waals surface area contributed by atoms with Crippen LogP contribution in [0.1, 0.15) is 38.2 Å². The third kappa shape index (κ3) is 5.62. The van der Waals surface area contributed by atoms with Crippen LogP contribution >= 0.6 is 0 Å². The van der Waals surface area contributed by atoms with E-state index in [1.54, 1.807) is 14.0 Å². The Labute approximate surface area is 154 Å². The van der Waals surface area contributed by atoms with Gasteiger partial charge in [-0.2, -0.15) is 0 Å². The van der Waals surface area contributed by atoms with Crippen molar-refractivity contribution in [1.29, 1.82) is 0 Å². The number of hydrogen-bond donors (Lipinski definition) is 3. The topological polar surface area (TPSA) is 99.1 Å². The highest BCUT2D eigenvalue weighted by Gasteiger charge is 2.36. The number of benzene rings is 1. The van der Waals surface area contributed by atoms with E-state index in [0.717, 1.165) is 18.4 Å². The number of nitrogens with one attached hydrogen (secondary N) is 1. The van der Waals surface area contributed by atoms with Crippen molar-refractivity contribution in [1.82, 2.24) is 10.2 Å². The molecule has 0 bridgehead atoms. The van der Waals surface area contributed by atoms with Crippen molar-refractivity contribution in [2.75, 3.05) is 7.05 Å². The van der Waals surface area contributed by atoms with Crippen LogP contribution in [0.25, 0.3) is 0 Å². The minimum Gasteiger partial charge on any atom is -0.465 e. The quantitative estimate of drug-likeness (QED) is 0.721. The smallest absolute Gasteiger partial charge is 0.410 e. The Morgan fingerprint density at radius 3 is 2.42 bits per heavy atom. The maximum absolute atomic E-state index is 12.5. The molecule has 7 heteroatoms. The van der Waals surface area contributed by atoms with Crippen LogP contribution in [-0.2, 0) is 11.3 Å². The largest absolute Gasteiger partial charge is 0.465 e. The SMILES string of the molecule is CC(NC(=O)O)C(C1CCC(O)CC1)N(C)C(=O)OCc1ccccc1. The van der Waals surface area contributed by atoms with Gasteiger partial charge in [0.05, 0.1) is 18.2 Å². The number of hydrogen-bond acceptors (Lipinski definition) is 4. The lowest BCUT2D eigenvalue weighted by molar-refractivity contribution is 0.0427. The minimum absolute atomic E-state index is 0.106. The number of carbonyl (C=O) groups is 2. The van der Waals surface area contributed by atoms with Crippen LogP contribution in [-0.4, -0.2) is 52.5 Å². The molecule has 26 heavy (non-hydrogen) atoms. The van der Waals surface area contributed by atoms with Gasteiger partial charge in [-0.15, -0.1) is 0 Å². The number of aliphatic hydroxyl groups excluding tert-OH is 1. The molecular weight excluding hydrogens is 336 g/mol. The second-order valence-corrected chi connectivity index (χ2v) is 6.95. The summed E-state index contributed by atoms with van der Waals surface area (Å²) in [7, 11) is 1.64. The van der Waals surface area contributed by atoms with E-state index < -0.39 is 18.2 Å². The Bertz CT molecular complexity index is 587.